The van der Waals surface area contributed by atoms with Crippen LogP contribution in [0.4, 0.5) is 0 Å². The fourth-order valence-corrected chi connectivity index (χ4v) is 12.1. The molecule has 83 heavy (non-hydrogen) atoms. The molecular formula is C74H145N2O6P. The molecule has 1 amide bonds. The average molecular weight is 1190 g/mol. The SMILES string of the molecule is CCCCCCCCCCCCCCCCCC/C=C\CCCCCCCCCCCCCCCCCCCC(=O)NC(COP(=O)([O-])OCC[N+](C)(C)C)C(O)/C=C/CC/C=C/CCCCCCCCCCCCCCCCCCCC. The average Bonchev–Trinajstić information content (AvgIpc) is 3.50. The Kier molecular flexibility index (Phi) is 64.2. The smallest absolute Gasteiger partial charge is 0.268 e. The Bertz CT molecular complexity index is 1450. The van der Waals surface area contributed by atoms with Gasteiger partial charge in [-0.25, -0.2) is 0 Å². The Hall–Kier alpha value is -1.28. The van der Waals surface area contributed by atoms with Crippen LogP contribution in [0.5, 0.6) is 0 Å². The first kappa shape index (κ1) is 81.7. The molecule has 8 nitrogen and oxygen atoms in total. The molecule has 0 rings (SSSR count). The number of unbranched alkanes of at least 4 members (excludes halogenated alkanes) is 52. The summed E-state index contributed by atoms with van der Waals surface area (Å²) in [6, 6.07) is -0.904. The summed E-state index contributed by atoms with van der Waals surface area (Å²) in [4.78, 5) is 25.6. The molecule has 0 saturated heterocycles. The van der Waals surface area contributed by atoms with Crippen LogP contribution < -0.4 is 10.2 Å². The zero-order chi connectivity index (χ0) is 60.5. The van der Waals surface area contributed by atoms with Crippen molar-refractivity contribution in [1.29, 1.82) is 0 Å². The Morgan fingerprint density at radius 1 is 0.410 bits per heavy atom. The summed E-state index contributed by atoms with van der Waals surface area (Å²) >= 11 is 0. The molecule has 0 aromatic rings. The number of aliphatic hydroxyl groups is 1. The van der Waals surface area contributed by atoms with Gasteiger partial charge in [-0.15, -0.1) is 0 Å². The quantitative estimate of drug-likeness (QED) is 0.0272. The van der Waals surface area contributed by atoms with E-state index < -0.39 is 20.0 Å². The van der Waals surface area contributed by atoms with Gasteiger partial charge in [0.1, 0.15) is 13.2 Å². The highest BCUT2D eigenvalue weighted by atomic mass is 31.2. The highest BCUT2D eigenvalue weighted by Crippen LogP contribution is 2.38. The predicted molar refractivity (Wildman–Crippen MR) is 362 cm³/mol. The number of carbonyl (C=O) groups excluding carboxylic acids is 1. The van der Waals surface area contributed by atoms with E-state index in [0.29, 0.717) is 17.4 Å². The van der Waals surface area contributed by atoms with E-state index in [9.17, 15) is 19.4 Å². The number of amides is 1. The van der Waals surface area contributed by atoms with Crippen molar-refractivity contribution in [3.63, 3.8) is 0 Å². The maximum absolute atomic E-state index is 13.0. The summed E-state index contributed by atoms with van der Waals surface area (Å²) in [7, 11) is 1.26. The molecule has 0 radical (unpaired) electrons. The standard InChI is InChI=1S/C74H145N2O6P/c1-6-8-10-12-14-16-18-20-22-24-26-28-30-32-33-34-35-36-37-38-39-40-41-42-43-44-46-48-50-52-54-56-58-60-62-64-66-68-74(78)75-72(71-82-83(79,80)81-70-69-76(3,4)5)73(77)67-65-63-61-59-57-55-53-51-49-47-45-31-29-27-25-23-21-19-17-15-13-11-9-7-2/h36-37,57,59,65,67,72-73,77H,6-35,38-56,58,60-64,66,68-71H2,1-5H3,(H-,75,78,79,80)/b37-36-,59-57+,67-65+. The fourth-order valence-electron chi connectivity index (χ4n) is 11.3. The number of likely N-dealkylation sites (N-methyl/N-ethyl adjacent to an activating group) is 1. The first-order valence-corrected chi connectivity index (χ1v) is 38.3. The lowest BCUT2D eigenvalue weighted by Crippen LogP contribution is -2.45. The zero-order valence-corrected chi connectivity index (χ0v) is 57.3. The highest BCUT2D eigenvalue weighted by molar-refractivity contribution is 7.45. The summed E-state index contributed by atoms with van der Waals surface area (Å²) in [6.45, 7) is 4.69. The van der Waals surface area contributed by atoms with Crippen LogP contribution >= 0.6 is 7.82 Å². The number of hydrogen-bond acceptors (Lipinski definition) is 6. The lowest BCUT2D eigenvalue weighted by atomic mass is 10.0. The number of nitrogens with one attached hydrogen (secondary N) is 1. The monoisotopic (exact) mass is 1190 g/mol. The molecule has 0 fully saturated rings. The molecule has 0 heterocycles. The second kappa shape index (κ2) is 65.2. The summed E-state index contributed by atoms with van der Waals surface area (Å²) in [6.07, 6.45) is 87.3. The molecule has 0 saturated carbocycles. The van der Waals surface area contributed by atoms with E-state index in [0.717, 1.165) is 38.5 Å². The zero-order valence-electron chi connectivity index (χ0n) is 56.4. The molecule has 0 aliphatic rings. The first-order chi connectivity index (χ1) is 40.5. The van der Waals surface area contributed by atoms with E-state index in [-0.39, 0.29) is 19.1 Å². The van der Waals surface area contributed by atoms with Crippen molar-refractivity contribution in [2.75, 3.05) is 40.9 Å². The van der Waals surface area contributed by atoms with E-state index in [1.54, 1.807) is 6.08 Å². The largest absolute Gasteiger partial charge is 0.756 e. The number of phosphoric acid groups is 1. The van der Waals surface area contributed by atoms with E-state index in [2.05, 4.69) is 43.5 Å². The summed E-state index contributed by atoms with van der Waals surface area (Å²) < 4.78 is 23.4. The summed E-state index contributed by atoms with van der Waals surface area (Å²) in [5.41, 5.74) is 0. The van der Waals surface area contributed by atoms with Crippen LogP contribution in [-0.2, 0) is 18.4 Å². The maximum atomic E-state index is 13.0. The molecule has 0 bridgehead atoms. The molecule has 0 aromatic carbocycles. The second-order valence-corrected chi connectivity index (χ2v) is 28.1. The normalized spacial score (nSPS) is 13.8. The number of carbonyl (C=O) groups is 1. The van der Waals surface area contributed by atoms with Crippen molar-refractivity contribution in [3.8, 4) is 0 Å². The van der Waals surface area contributed by atoms with Gasteiger partial charge in [-0.1, -0.05) is 352 Å². The van der Waals surface area contributed by atoms with Crippen LogP contribution in [0.3, 0.4) is 0 Å². The molecule has 3 unspecified atom stereocenters. The van der Waals surface area contributed by atoms with Crippen molar-refractivity contribution in [2.24, 2.45) is 0 Å². The third-order valence-corrected chi connectivity index (χ3v) is 18.0. The van der Waals surface area contributed by atoms with E-state index in [1.165, 1.54) is 321 Å². The maximum Gasteiger partial charge on any atom is 0.268 e. The first-order valence-electron chi connectivity index (χ1n) is 36.9. The third kappa shape index (κ3) is 68.1. The molecular weight excluding hydrogens is 1040 g/mol. The van der Waals surface area contributed by atoms with Crippen molar-refractivity contribution in [3.05, 3.63) is 36.5 Å². The Labute approximate surface area is 518 Å². The number of rotatable bonds is 69. The van der Waals surface area contributed by atoms with Crippen molar-refractivity contribution in [1.82, 2.24) is 5.32 Å². The van der Waals surface area contributed by atoms with Gasteiger partial charge in [-0.2, -0.15) is 0 Å². The number of aliphatic hydroxyl groups excluding tert-OH is 1. The minimum absolute atomic E-state index is 0.00462. The summed E-state index contributed by atoms with van der Waals surface area (Å²) in [5, 5.41) is 13.9. The van der Waals surface area contributed by atoms with E-state index >= 15 is 0 Å². The molecule has 0 aliphatic heterocycles. The van der Waals surface area contributed by atoms with Crippen LogP contribution in [0.25, 0.3) is 0 Å². The Balaban J connectivity index is 3.99. The topological polar surface area (TPSA) is 108 Å². The minimum atomic E-state index is -4.61. The van der Waals surface area contributed by atoms with Gasteiger partial charge < -0.3 is 28.8 Å². The Morgan fingerprint density at radius 3 is 0.976 bits per heavy atom. The van der Waals surface area contributed by atoms with Gasteiger partial charge in [0.2, 0.25) is 5.91 Å². The van der Waals surface area contributed by atoms with Gasteiger partial charge in [-0.05, 0) is 57.8 Å². The van der Waals surface area contributed by atoms with E-state index in [4.69, 9.17) is 9.05 Å². The third-order valence-electron chi connectivity index (χ3n) is 17.1. The van der Waals surface area contributed by atoms with Crippen molar-refractivity contribution < 1.29 is 32.9 Å². The molecule has 0 aromatic heterocycles. The van der Waals surface area contributed by atoms with Gasteiger partial charge in [0.05, 0.1) is 39.9 Å². The fraction of sp³-hybridized carbons (Fsp3) is 0.905. The lowest BCUT2D eigenvalue weighted by Gasteiger charge is -2.29. The van der Waals surface area contributed by atoms with Gasteiger partial charge in [-0.3, -0.25) is 9.36 Å². The number of nitrogens with zero attached hydrogens (tertiary/aromatic N) is 1. The summed E-state index contributed by atoms with van der Waals surface area (Å²) in [5.74, 6) is -0.200. The molecule has 3 atom stereocenters. The van der Waals surface area contributed by atoms with Crippen molar-refractivity contribution in [2.45, 2.75) is 392 Å². The van der Waals surface area contributed by atoms with E-state index in [1.807, 2.05) is 27.2 Å². The van der Waals surface area contributed by atoms with Crippen molar-refractivity contribution >= 4 is 13.7 Å². The highest BCUT2D eigenvalue weighted by Gasteiger charge is 2.23. The number of phosphoric ester groups is 1. The molecule has 0 aliphatic carbocycles. The molecule has 0 spiro atoms. The van der Waals surface area contributed by atoms with Crippen LogP contribution in [0.2, 0.25) is 0 Å². The van der Waals surface area contributed by atoms with Crippen LogP contribution in [-0.4, -0.2) is 68.5 Å². The predicted octanol–water partition coefficient (Wildman–Crippen LogP) is 23.0. The van der Waals surface area contributed by atoms with Crippen LogP contribution in [0.15, 0.2) is 36.5 Å². The van der Waals surface area contributed by atoms with Gasteiger partial charge >= 0.3 is 0 Å². The number of quaternary nitrogens is 1. The van der Waals surface area contributed by atoms with Gasteiger partial charge in [0.25, 0.3) is 7.82 Å². The second-order valence-electron chi connectivity index (χ2n) is 26.6. The minimum Gasteiger partial charge on any atom is -0.756 e. The number of allylic oxidation sites excluding steroid dienone is 5. The van der Waals surface area contributed by atoms with Gasteiger partial charge in [0.15, 0.2) is 0 Å². The lowest BCUT2D eigenvalue weighted by molar-refractivity contribution is -0.870. The van der Waals surface area contributed by atoms with Crippen LogP contribution in [0.1, 0.15) is 380 Å². The number of hydrogen-bond donors (Lipinski definition) is 2. The molecule has 9 heteroatoms. The van der Waals surface area contributed by atoms with Crippen LogP contribution in [0, 0.1) is 0 Å². The molecule has 2 N–H and O–H groups in total. The Morgan fingerprint density at radius 2 is 0.675 bits per heavy atom. The van der Waals surface area contributed by atoms with Gasteiger partial charge in [0, 0.05) is 6.42 Å². The molecule has 492 valence electrons.